The van der Waals surface area contributed by atoms with Crippen molar-refractivity contribution in [3.63, 3.8) is 0 Å². The highest BCUT2D eigenvalue weighted by Gasteiger charge is 2.23. The van der Waals surface area contributed by atoms with Crippen molar-refractivity contribution in [2.45, 2.75) is 19.9 Å². The van der Waals surface area contributed by atoms with Crippen molar-refractivity contribution in [2.75, 3.05) is 50.7 Å². The minimum Gasteiger partial charge on any atom is -0.506 e. The molecule has 0 unspecified atom stereocenters. The molecule has 0 aliphatic carbocycles. The van der Waals surface area contributed by atoms with Crippen LogP contribution in [-0.4, -0.2) is 72.6 Å². The Kier molecular flexibility index (Phi) is 8.42. The third-order valence-corrected chi connectivity index (χ3v) is 6.68. The van der Waals surface area contributed by atoms with Gasteiger partial charge in [0.15, 0.2) is 5.96 Å². The van der Waals surface area contributed by atoms with Crippen LogP contribution in [0.25, 0.3) is 0 Å². The molecule has 0 spiro atoms. The second kappa shape index (κ2) is 11.0. The van der Waals surface area contributed by atoms with Gasteiger partial charge in [-0.3, -0.25) is 4.79 Å². The number of rotatable bonds is 4. The molecule has 0 atom stereocenters. The molecular weight excluding hydrogens is 525 g/mol. The van der Waals surface area contributed by atoms with Gasteiger partial charge in [0, 0.05) is 50.7 Å². The number of piperazine rings is 1. The van der Waals surface area contributed by atoms with Crippen molar-refractivity contribution in [2.24, 2.45) is 4.99 Å². The second-order valence-electron chi connectivity index (χ2n) is 7.57. The molecule has 31 heavy (non-hydrogen) atoms. The van der Waals surface area contributed by atoms with Gasteiger partial charge in [0.2, 0.25) is 5.91 Å². The van der Waals surface area contributed by atoms with Crippen LogP contribution < -0.4 is 10.2 Å². The zero-order valence-corrected chi connectivity index (χ0v) is 20.9. The van der Waals surface area contributed by atoms with Crippen LogP contribution in [0, 0.1) is 0 Å². The molecule has 1 amide bonds. The van der Waals surface area contributed by atoms with Crippen molar-refractivity contribution in [3.05, 3.63) is 46.2 Å². The molecule has 1 aromatic carbocycles. The number of nitrogens with one attached hydrogen (secondary N) is 1. The number of aromatic hydroxyl groups is 1. The number of nitrogens with zero attached hydrogens (tertiary/aromatic N) is 4. The number of guanidine groups is 1. The van der Waals surface area contributed by atoms with E-state index in [1.807, 2.05) is 30.0 Å². The quantitative estimate of drug-likeness (QED) is 0.345. The summed E-state index contributed by atoms with van der Waals surface area (Å²) >= 11 is 1.78. The van der Waals surface area contributed by atoms with Gasteiger partial charge in [0.25, 0.3) is 0 Å². The fourth-order valence-corrected chi connectivity index (χ4v) is 4.91. The van der Waals surface area contributed by atoms with Gasteiger partial charge < -0.3 is 25.1 Å². The Balaban J connectivity index is 0.00000272. The molecule has 1 fully saturated rings. The maximum Gasteiger partial charge on any atom is 0.244 e. The summed E-state index contributed by atoms with van der Waals surface area (Å²) in [4.78, 5) is 25.1. The van der Waals surface area contributed by atoms with Gasteiger partial charge in [0.1, 0.15) is 12.3 Å². The van der Waals surface area contributed by atoms with Gasteiger partial charge in [-0.05, 0) is 42.5 Å². The lowest BCUT2D eigenvalue weighted by atomic mass is 10.1. The van der Waals surface area contributed by atoms with E-state index in [0.717, 1.165) is 57.3 Å². The van der Waals surface area contributed by atoms with Crippen molar-refractivity contribution < 1.29 is 9.90 Å². The average Bonchev–Trinajstić information content (AvgIpc) is 3.25. The number of hydrogen-bond donors (Lipinski definition) is 2. The molecule has 2 N–H and O–H groups in total. The Morgan fingerprint density at radius 1 is 1.13 bits per heavy atom. The third kappa shape index (κ3) is 5.62. The van der Waals surface area contributed by atoms with Crippen LogP contribution in [-0.2, 0) is 17.8 Å². The summed E-state index contributed by atoms with van der Waals surface area (Å²) in [7, 11) is 0. The number of aliphatic imine (C=N–C) groups is 1. The summed E-state index contributed by atoms with van der Waals surface area (Å²) in [5.74, 6) is 1.18. The van der Waals surface area contributed by atoms with Crippen LogP contribution in [0.3, 0.4) is 0 Å². The molecule has 0 saturated carbocycles. The predicted octanol–water partition coefficient (Wildman–Crippen LogP) is 2.74. The van der Waals surface area contributed by atoms with Gasteiger partial charge in [-0.25, -0.2) is 4.99 Å². The van der Waals surface area contributed by atoms with Crippen LogP contribution in [0.5, 0.6) is 5.75 Å². The number of fused-ring (bicyclic) bond motifs is 1. The van der Waals surface area contributed by atoms with Crippen LogP contribution in [0.1, 0.15) is 17.4 Å². The van der Waals surface area contributed by atoms with E-state index in [9.17, 15) is 9.90 Å². The lowest BCUT2D eigenvalue weighted by molar-refractivity contribution is -0.130. The van der Waals surface area contributed by atoms with Gasteiger partial charge >= 0.3 is 0 Å². The van der Waals surface area contributed by atoms with Crippen molar-refractivity contribution >= 4 is 52.9 Å². The Morgan fingerprint density at radius 3 is 2.65 bits per heavy atom. The van der Waals surface area contributed by atoms with E-state index < -0.39 is 0 Å². The molecule has 2 aliphatic heterocycles. The van der Waals surface area contributed by atoms with E-state index in [2.05, 4.69) is 31.6 Å². The Labute approximate surface area is 204 Å². The van der Waals surface area contributed by atoms with E-state index in [-0.39, 0.29) is 36.4 Å². The number of carbonyl (C=O) groups is 1. The Hall–Kier alpha value is -2.01. The molecule has 2 aromatic rings. The van der Waals surface area contributed by atoms with Crippen LogP contribution in [0.2, 0.25) is 0 Å². The summed E-state index contributed by atoms with van der Waals surface area (Å²) in [6, 6.07) is 9.57. The predicted molar refractivity (Wildman–Crippen MR) is 137 cm³/mol. The van der Waals surface area contributed by atoms with Gasteiger partial charge in [0.05, 0.1) is 5.69 Å². The van der Waals surface area contributed by atoms with Gasteiger partial charge in [-0.15, -0.1) is 35.3 Å². The van der Waals surface area contributed by atoms with Crippen LogP contribution >= 0.6 is 35.3 Å². The first-order valence-corrected chi connectivity index (χ1v) is 11.4. The summed E-state index contributed by atoms with van der Waals surface area (Å²) in [6.45, 7) is 7.60. The number of para-hydroxylation sites is 2. The summed E-state index contributed by atoms with van der Waals surface area (Å²) in [5.41, 5.74) is 2.14. The molecular formula is C22H30IN5O2S. The SMILES string of the molecule is CCNC(=NCC(=O)N1CCc2sccc2C1)N1CCN(c2ccccc2O)CC1.I. The largest absolute Gasteiger partial charge is 0.506 e. The number of halogens is 1. The fraction of sp³-hybridized carbons (Fsp3) is 0.455. The normalized spacial score (nSPS) is 16.5. The maximum atomic E-state index is 12.7. The van der Waals surface area contributed by atoms with E-state index >= 15 is 0 Å². The summed E-state index contributed by atoms with van der Waals surface area (Å²) < 4.78 is 0. The fourth-order valence-electron chi connectivity index (χ4n) is 4.02. The highest BCUT2D eigenvalue weighted by atomic mass is 127. The third-order valence-electron chi connectivity index (χ3n) is 5.66. The van der Waals surface area contributed by atoms with Gasteiger partial charge in [-0.1, -0.05) is 12.1 Å². The highest BCUT2D eigenvalue weighted by molar-refractivity contribution is 14.0. The van der Waals surface area contributed by atoms with E-state index in [4.69, 9.17) is 0 Å². The first-order chi connectivity index (χ1) is 14.7. The lowest BCUT2D eigenvalue weighted by Crippen LogP contribution is -2.52. The first kappa shape index (κ1) is 23.6. The van der Waals surface area contributed by atoms with Crippen molar-refractivity contribution in [3.8, 4) is 5.75 Å². The summed E-state index contributed by atoms with van der Waals surface area (Å²) in [6.07, 6.45) is 0.941. The molecule has 0 bridgehead atoms. The smallest absolute Gasteiger partial charge is 0.244 e. The van der Waals surface area contributed by atoms with Crippen LogP contribution in [0.15, 0.2) is 40.7 Å². The number of thiophene rings is 1. The molecule has 9 heteroatoms. The van der Waals surface area contributed by atoms with Crippen LogP contribution in [0.4, 0.5) is 5.69 Å². The average molecular weight is 555 g/mol. The zero-order valence-electron chi connectivity index (χ0n) is 17.8. The minimum atomic E-state index is 0. The van der Waals surface area contributed by atoms with E-state index in [0.29, 0.717) is 12.3 Å². The monoisotopic (exact) mass is 555 g/mol. The van der Waals surface area contributed by atoms with Crippen molar-refractivity contribution in [1.82, 2.24) is 15.1 Å². The number of carbonyl (C=O) groups excluding carboxylic acids is 1. The van der Waals surface area contributed by atoms with E-state index in [1.165, 1.54) is 10.4 Å². The number of amides is 1. The molecule has 1 aromatic heterocycles. The molecule has 2 aliphatic rings. The standard InChI is InChI=1S/C22H29N5O2S.HI/c1-2-23-22(24-15-21(29)27-9-7-20-17(16-27)8-14-30-20)26-12-10-25(11-13-26)18-5-3-4-6-19(18)28;/h3-6,8,14,28H,2,7,9-13,15-16H2,1H3,(H,23,24);1H. The molecule has 0 radical (unpaired) electrons. The van der Waals surface area contributed by atoms with E-state index in [1.54, 1.807) is 17.4 Å². The van der Waals surface area contributed by atoms with Crippen molar-refractivity contribution in [1.29, 1.82) is 0 Å². The maximum absolute atomic E-state index is 12.7. The molecule has 168 valence electrons. The number of phenolic OH excluding ortho intramolecular Hbond substituents is 1. The molecule has 4 rings (SSSR count). The minimum absolute atomic E-state index is 0. The lowest BCUT2D eigenvalue weighted by Gasteiger charge is -2.38. The Bertz CT molecular complexity index is 911. The topological polar surface area (TPSA) is 71.4 Å². The number of anilines is 1. The highest BCUT2D eigenvalue weighted by Crippen LogP contribution is 2.27. The molecule has 3 heterocycles. The number of hydrogen-bond acceptors (Lipinski definition) is 5. The first-order valence-electron chi connectivity index (χ1n) is 10.5. The second-order valence-corrected chi connectivity index (χ2v) is 8.57. The summed E-state index contributed by atoms with van der Waals surface area (Å²) in [5, 5.41) is 15.5. The molecule has 1 saturated heterocycles. The van der Waals surface area contributed by atoms with Gasteiger partial charge in [-0.2, -0.15) is 0 Å². The zero-order chi connectivity index (χ0) is 20.9. The molecule has 7 nitrogen and oxygen atoms in total. The number of phenols is 1. The Morgan fingerprint density at radius 2 is 1.90 bits per heavy atom. The number of benzene rings is 1.